The maximum absolute atomic E-state index is 12.4. The van der Waals surface area contributed by atoms with Crippen LogP contribution >= 0.6 is 22.6 Å². The van der Waals surface area contributed by atoms with Gasteiger partial charge in [0.1, 0.15) is 5.75 Å². The Morgan fingerprint density at radius 3 is 2.83 bits per heavy atom. The third-order valence-electron chi connectivity index (χ3n) is 3.74. The number of rotatable bonds is 4. The maximum Gasteiger partial charge on any atom is 0.267 e. The molecule has 1 N–H and O–H groups in total. The molecule has 2 aromatic carbocycles. The number of halogens is 1. The Bertz CT molecular complexity index is 778. The molecule has 1 aliphatic heterocycles. The first kappa shape index (κ1) is 16.8. The molecule has 5 nitrogen and oxygen atoms in total. The summed E-state index contributed by atoms with van der Waals surface area (Å²) < 4.78 is 6.65. The molecule has 0 bridgehead atoms. The molecule has 6 heteroatoms. The third kappa shape index (κ3) is 3.69. The zero-order chi connectivity index (χ0) is 17.1. The zero-order valence-corrected chi connectivity index (χ0v) is 15.3. The molecule has 0 fully saturated rings. The minimum atomic E-state index is -0.543. The van der Waals surface area contributed by atoms with Gasteiger partial charge in [0, 0.05) is 22.2 Å². The second-order valence-corrected chi connectivity index (χ2v) is 6.77. The summed E-state index contributed by atoms with van der Waals surface area (Å²) in [7, 11) is 0. The second kappa shape index (κ2) is 7.21. The number of nitrogens with zero attached hydrogens (tertiary/aromatic N) is 1. The van der Waals surface area contributed by atoms with Crippen LogP contribution in [-0.4, -0.2) is 24.5 Å². The van der Waals surface area contributed by atoms with Crippen LogP contribution in [0.2, 0.25) is 0 Å². The lowest BCUT2D eigenvalue weighted by Crippen LogP contribution is -2.45. The van der Waals surface area contributed by atoms with Crippen molar-refractivity contribution in [1.82, 2.24) is 0 Å². The average molecular weight is 436 g/mol. The van der Waals surface area contributed by atoms with Gasteiger partial charge in [-0.15, -0.1) is 0 Å². The van der Waals surface area contributed by atoms with Crippen LogP contribution in [0.3, 0.4) is 0 Å². The predicted molar refractivity (Wildman–Crippen MR) is 101 cm³/mol. The molecule has 2 amide bonds. The maximum atomic E-state index is 12.4. The van der Waals surface area contributed by atoms with E-state index in [9.17, 15) is 9.59 Å². The fourth-order valence-electron chi connectivity index (χ4n) is 2.59. The molecule has 1 aliphatic rings. The molecule has 24 heavy (non-hydrogen) atoms. The van der Waals surface area contributed by atoms with E-state index in [1.54, 1.807) is 11.8 Å². The minimum absolute atomic E-state index is 0.124. The largest absolute Gasteiger partial charge is 0.479 e. The van der Waals surface area contributed by atoms with E-state index in [0.29, 0.717) is 18.0 Å². The number of anilines is 2. The topological polar surface area (TPSA) is 58.6 Å². The van der Waals surface area contributed by atoms with Gasteiger partial charge in [-0.05, 0) is 59.8 Å². The molecule has 1 atom stereocenters. The van der Waals surface area contributed by atoms with E-state index in [1.165, 1.54) is 0 Å². The number of hydrogen-bond acceptors (Lipinski definition) is 3. The van der Waals surface area contributed by atoms with Crippen LogP contribution in [0.4, 0.5) is 11.4 Å². The van der Waals surface area contributed by atoms with Crippen molar-refractivity contribution in [2.75, 3.05) is 16.8 Å². The number of carbonyl (C=O) groups is 2. The Morgan fingerprint density at radius 1 is 1.25 bits per heavy atom. The van der Waals surface area contributed by atoms with Crippen molar-refractivity contribution in [2.24, 2.45) is 0 Å². The van der Waals surface area contributed by atoms with Crippen molar-refractivity contribution in [3.05, 3.63) is 52.1 Å². The third-order valence-corrected chi connectivity index (χ3v) is 4.42. The lowest BCUT2D eigenvalue weighted by Gasteiger charge is -2.32. The number of nitrogens with one attached hydrogen (secondary N) is 1. The SMILES string of the molecule is C[C@H]1Oc2ccccc2N(CCC(=O)Nc2cccc(I)c2)C1=O. The van der Waals surface area contributed by atoms with Crippen molar-refractivity contribution >= 4 is 45.8 Å². The van der Waals surface area contributed by atoms with Crippen LogP contribution in [0, 0.1) is 3.57 Å². The summed E-state index contributed by atoms with van der Waals surface area (Å²) in [5.74, 6) is 0.416. The minimum Gasteiger partial charge on any atom is -0.479 e. The molecule has 0 spiro atoms. The van der Waals surface area contributed by atoms with Gasteiger partial charge in [0.05, 0.1) is 5.69 Å². The number of benzene rings is 2. The number of amides is 2. The van der Waals surface area contributed by atoms with Gasteiger partial charge in [-0.25, -0.2) is 0 Å². The smallest absolute Gasteiger partial charge is 0.267 e. The highest BCUT2D eigenvalue weighted by Gasteiger charge is 2.31. The first-order chi connectivity index (χ1) is 11.5. The molecule has 124 valence electrons. The quantitative estimate of drug-likeness (QED) is 0.748. The lowest BCUT2D eigenvalue weighted by atomic mass is 10.1. The van der Waals surface area contributed by atoms with Crippen LogP contribution in [0.1, 0.15) is 13.3 Å². The second-order valence-electron chi connectivity index (χ2n) is 5.53. The molecule has 1 heterocycles. The molecule has 0 aromatic heterocycles. The summed E-state index contributed by atoms with van der Waals surface area (Å²) in [6.07, 6.45) is -0.322. The monoisotopic (exact) mass is 436 g/mol. The van der Waals surface area contributed by atoms with Crippen molar-refractivity contribution in [1.29, 1.82) is 0 Å². The first-order valence-corrected chi connectivity index (χ1v) is 8.75. The Labute approximate surface area is 154 Å². The normalized spacial score (nSPS) is 16.3. The first-order valence-electron chi connectivity index (χ1n) is 7.67. The van der Waals surface area contributed by atoms with Crippen molar-refractivity contribution in [2.45, 2.75) is 19.4 Å². The van der Waals surface area contributed by atoms with Gasteiger partial charge < -0.3 is 15.0 Å². The number of hydrogen-bond donors (Lipinski definition) is 1. The molecule has 0 unspecified atom stereocenters. The van der Waals surface area contributed by atoms with E-state index >= 15 is 0 Å². The van der Waals surface area contributed by atoms with Crippen LogP contribution in [0.25, 0.3) is 0 Å². The molecule has 3 rings (SSSR count). The van der Waals surface area contributed by atoms with Crippen molar-refractivity contribution in [3.63, 3.8) is 0 Å². The average Bonchev–Trinajstić information content (AvgIpc) is 2.55. The lowest BCUT2D eigenvalue weighted by molar-refractivity contribution is -0.125. The number of para-hydroxylation sites is 2. The number of fused-ring (bicyclic) bond motifs is 1. The Kier molecular flexibility index (Phi) is 5.03. The van der Waals surface area contributed by atoms with Crippen LogP contribution in [-0.2, 0) is 9.59 Å². The van der Waals surface area contributed by atoms with Gasteiger partial charge in [-0.1, -0.05) is 18.2 Å². The summed E-state index contributed by atoms with van der Waals surface area (Å²) in [5, 5.41) is 2.86. The summed E-state index contributed by atoms with van der Waals surface area (Å²) in [6, 6.07) is 15.0. The van der Waals surface area contributed by atoms with Crippen molar-refractivity contribution in [3.8, 4) is 5.75 Å². The number of ether oxygens (including phenoxy) is 1. The highest BCUT2D eigenvalue weighted by atomic mass is 127. The molecular formula is C18H17IN2O3. The molecule has 0 saturated carbocycles. The molecule has 0 radical (unpaired) electrons. The van der Waals surface area contributed by atoms with Gasteiger partial charge in [0.15, 0.2) is 6.10 Å². The summed E-state index contributed by atoms with van der Waals surface area (Å²) in [5.41, 5.74) is 1.47. The highest BCUT2D eigenvalue weighted by molar-refractivity contribution is 14.1. The van der Waals surface area contributed by atoms with E-state index in [0.717, 1.165) is 9.26 Å². The van der Waals surface area contributed by atoms with E-state index in [1.807, 2.05) is 48.5 Å². The summed E-state index contributed by atoms with van der Waals surface area (Å²) in [6.45, 7) is 2.04. The molecule has 0 saturated heterocycles. The van der Waals surface area contributed by atoms with Crippen LogP contribution in [0.15, 0.2) is 48.5 Å². The Balaban J connectivity index is 1.67. The van der Waals surface area contributed by atoms with Gasteiger partial charge in [-0.2, -0.15) is 0 Å². The van der Waals surface area contributed by atoms with Gasteiger partial charge in [-0.3, -0.25) is 9.59 Å². The van der Waals surface area contributed by atoms with E-state index in [4.69, 9.17) is 4.74 Å². The van der Waals surface area contributed by atoms with Crippen molar-refractivity contribution < 1.29 is 14.3 Å². The summed E-state index contributed by atoms with van der Waals surface area (Å²) >= 11 is 2.20. The van der Waals surface area contributed by atoms with Crippen LogP contribution < -0.4 is 15.0 Å². The van der Waals surface area contributed by atoms with Gasteiger partial charge in [0.25, 0.3) is 5.91 Å². The Morgan fingerprint density at radius 2 is 2.04 bits per heavy atom. The molecule has 0 aliphatic carbocycles. The molecule has 2 aromatic rings. The van der Waals surface area contributed by atoms with E-state index in [2.05, 4.69) is 27.9 Å². The van der Waals surface area contributed by atoms with Gasteiger partial charge >= 0.3 is 0 Å². The Hall–Kier alpha value is -2.09. The highest BCUT2D eigenvalue weighted by Crippen LogP contribution is 2.33. The van der Waals surface area contributed by atoms with E-state index in [-0.39, 0.29) is 18.2 Å². The fourth-order valence-corrected chi connectivity index (χ4v) is 3.14. The zero-order valence-electron chi connectivity index (χ0n) is 13.2. The van der Waals surface area contributed by atoms with Gasteiger partial charge in [0.2, 0.25) is 5.91 Å². The van der Waals surface area contributed by atoms with E-state index < -0.39 is 6.10 Å². The standard InChI is InChI=1S/C18H17IN2O3/c1-12-18(23)21(15-7-2-3-8-16(15)24-12)10-9-17(22)20-14-6-4-5-13(19)11-14/h2-8,11-12H,9-10H2,1H3,(H,20,22)/t12-/m1/s1. The predicted octanol–water partition coefficient (Wildman–Crippen LogP) is 3.43. The van der Waals surface area contributed by atoms with Crippen LogP contribution in [0.5, 0.6) is 5.75 Å². The fraction of sp³-hybridized carbons (Fsp3) is 0.222. The summed E-state index contributed by atoms with van der Waals surface area (Å²) in [4.78, 5) is 26.2. The number of carbonyl (C=O) groups excluding carboxylic acids is 2. The molecular weight excluding hydrogens is 419 g/mol.